The lowest BCUT2D eigenvalue weighted by Gasteiger charge is -2.13. The highest BCUT2D eigenvalue weighted by atomic mass is 16.5. The average molecular weight is 254 g/mol. The molecular formula is C16H18N2O. The van der Waals surface area contributed by atoms with Crippen molar-refractivity contribution >= 4 is 0 Å². The number of aryl methyl sites for hydroxylation is 1. The van der Waals surface area contributed by atoms with Gasteiger partial charge in [-0.25, -0.2) is 0 Å². The number of nitrogens with two attached hydrogens (primary N) is 1. The first-order valence-corrected chi connectivity index (χ1v) is 6.66. The van der Waals surface area contributed by atoms with E-state index in [1.807, 2.05) is 43.6 Å². The zero-order valence-corrected chi connectivity index (χ0v) is 11.0. The molecule has 1 aromatic heterocycles. The number of rotatable bonds is 4. The molecule has 1 fully saturated rings. The number of hydrogen-bond acceptors (Lipinski definition) is 3. The second kappa shape index (κ2) is 5.02. The summed E-state index contributed by atoms with van der Waals surface area (Å²) in [5.74, 6) is 0.931. The lowest BCUT2D eigenvalue weighted by Crippen LogP contribution is -2.12. The highest BCUT2D eigenvalue weighted by molar-refractivity contribution is 5.35. The van der Waals surface area contributed by atoms with Crippen LogP contribution in [0.3, 0.4) is 0 Å². The molecule has 3 heteroatoms. The monoisotopic (exact) mass is 254 g/mol. The van der Waals surface area contributed by atoms with Gasteiger partial charge in [0.05, 0.1) is 12.1 Å². The van der Waals surface area contributed by atoms with Crippen molar-refractivity contribution in [3.05, 3.63) is 59.4 Å². The fourth-order valence-electron chi connectivity index (χ4n) is 2.07. The Bertz CT molecular complexity index is 561. The van der Waals surface area contributed by atoms with Crippen LogP contribution in [-0.2, 0) is 0 Å². The van der Waals surface area contributed by atoms with Gasteiger partial charge in [0.15, 0.2) is 0 Å². The minimum absolute atomic E-state index is 0.137. The van der Waals surface area contributed by atoms with Crippen LogP contribution in [0, 0.1) is 6.92 Å². The van der Waals surface area contributed by atoms with E-state index in [2.05, 4.69) is 11.1 Å². The third-order valence-electron chi connectivity index (χ3n) is 3.32. The predicted molar refractivity (Wildman–Crippen MR) is 75.1 cm³/mol. The van der Waals surface area contributed by atoms with E-state index in [0.717, 1.165) is 22.4 Å². The normalized spacial score (nSPS) is 16.1. The van der Waals surface area contributed by atoms with E-state index in [1.54, 1.807) is 0 Å². The highest BCUT2D eigenvalue weighted by Crippen LogP contribution is 2.28. The SMILES string of the molecule is Cc1cncc(C(N)c2ccc(OC3CC3)cc2)c1. The molecule has 2 aromatic rings. The van der Waals surface area contributed by atoms with Gasteiger partial charge in [0, 0.05) is 12.4 Å². The van der Waals surface area contributed by atoms with Crippen LogP contribution < -0.4 is 10.5 Å². The second-order valence-electron chi connectivity index (χ2n) is 5.16. The first-order chi connectivity index (χ1) is 9.22. The summed E-state index contributed by atoms with van der Waals surface area (Å²) in [6.45, 7) is 2.02. The Morgan fingerprint density at radius 3 is 2.53 bits per heavy atom. The van der Waals surface area contributed by atoms with Crippen molar-refractivity contribution in [3.63, 3.8) is 0 Å². The zero-order chi connectivity index (χ0) is 13.2. The molecule has 1 aromatic carbocycles. The molecule has 1 aliphatic carbocycles. The van der Waals surface area contributed by atoms with E-state index >= 15 is 0 Å². The number of nitrogens with zero attached hydrogens (tertiary/aromatic N) is 1. The number of pyridine rings is 1. The summed E-state index contributed by atoms with van der Waals surface area (Å²) in [5.41, 5.74) is 9.51. The Balaban J connectivity index is 1.77. The molecule has 1 aliphatic rings. The summed E-state index contributed by atoms with van der Waals surface area (Å²) in [5, 5.41) is 0. The first-order valence-electron chi connectivity index (χ1n) is 6.66. The molecule has 1 heterocycles. The van der Waals surface area contributed by atoms with Gasteiger partial charge in [0.2, 0.25) is 0 Å². The molecule has 3 rings (SSSR count). The van der Waals surface area contributed by atoms with Crippen molar-refractivity contribution in [2.45, 2.75) is 31.9 Å². The maximum atomic E-state index is 6.27. The molecule has 0 spiro atoms. The predicted octanol–water partition coefficient (Wildman–Crippen LogP) is 2.98. The van der Waals surface area contributed by atoms with Gasteiger partial charge in [-0.2, -0.15) is 0 Å². The summed E-state index contributed by atoms with van der Waals surface area (Å²) >= 11 is 0. The Labute approximate surface area is 113 Å². The zero-order valence-electron chi connectivity index (χ0n) is 11.0. The number of benzene rings is 1. The van der Waals surface area contributed by atoms with Crippen LogP contribution >= 0.6 is 0 Å². The maximum absolute atomic E-state index is 6.27. The van der Waals surface area contributed by atoms with Crippen molar-refractivity contribution in [1.82, 2.24) is 4.98 Å². The Morgan fingerprint density at radius 1 is 1.16 bits per heavy atom. The van der Waals surface area contributed by atoms with Crippen LogP contribution in [0.25, 0.3) is 0 Å². The minimum atomic E-state index is -0.137. The van der Waals surface area contributed by atoms with Crippen LogP contribution in [0.4, 0.5) is 0 Å². The van der Waals surface area contributed by atoms with Crippen LogP contribution in [0.1, 0.15) is 35.6 Å². The van der Waals surface area contributed by atoms with Crippen molar-refractivity contribution in [1.29, 1.82) is 0 Å². The molecule has 1 unspecified atom stereocenters. The van der Waals surface area contributed by atoms with Gasteiger partial charge in [-0.1, -0.05) is 18.2 Å². The van der Waals surface area contributed by atoms with Crippen molar-refractivity contribution in [2.24, 2.45) is 5.73 Å². The van der Waals surface area contributed by atoms with E-state index < -0.39 is 0 Å². The number of hydrogen-bond donors (Lipinski definition) is 1. The third kappa shape index (κ3) is 2.93. The molecule has 0 saturated heterocycles. The Kier molecular flexibility index (Phi) is 3.22. The molecule has 1 saturated carbocycles. The van der Waals surface area contributed by atoms with Crippen LogP contribution in [0.15, 0.2) is 42.7 Å². The van der Waals surface area contributed by atoms with E-state index in [0.29, 0.717) is 6.10 Å². The number of aromatic nitrogens is 1. The first kappa shape index (κ1) is 12.2. The Hall–Kier alpha value is -1.87. The topological polar surface area (TPSA) is 48.1 Å². The summed E-state index contributed by atoms with van der Waals surface area (Å²) in [6.07, 6.45) is 6.45. The van der Waals surface area contributed by atoms with Gasteiger partial charge in [0.1, 0.15) is 5.75 Å². The maximum Gasteiger partial charge on any atom is 0.119 e. The van der Waals surface area contributed by atoms with Crippen molar-refractivity contribution in [2.75, 3.05) is 0 Å². The molecule has 0 radical (unpaired) electrons. The molecule has 3 nitrogen and oxygen atoms in total. The smallest absolute Gasteiger partial charge is 0.119 e. The summed E-state index contributed by atoms with van der Waals surface area (Å²) in [6, 6.07) is 10.00. The summed E-state index contributed by atoms with van der Waals surface area (Å²) < 4.78 is 5.73. The molecule has 98 valence electrons. The largest absolute Gasteiger partial charge is 0.490 e. The van der Waals surface area contributed by atoms with Gasteiger partial charge in [-0.3, -0.25) is 4.98 Å². The van der Waals surface area contributed by atoms with Crippen LogP contribution in [0.5, 0.6) is 5.75 Å². The molecule has 2 N–H and O–H groups in total. The van der Waals surface area contributed by atoms with Gasteiger partial charge in [0.25, 0.3) is 0 Å². The molecule has 1 atom stereocenters. The fraction of sp³-hybridized carbons (Fsp3) is 0.312. The minimum Gasteiger partial charge on any atom is -0.490 e. The van der Waals surface area contributed by atoms with Gasteiger partial charge < -0.3 is 10.5 Å². The van der Waals surface area contributed by atoms with E-state index in [9.17, 15) is 0 Å². The molecule has 0 aliphatic heterocycles. The van der Waals surface area contributed by atoms with E-state index in [4.69, 9.17) is 10.5 Å². The Morgan fingerprint density at radius 2 is 1.89 bits per heavy atom. The molecule has 19 heavy (non-hydrogen) atoms. The standard InChI is InChI=1S/C16H18N2O/c1-11-8-13(10-18-9-11)16(17)12-2-4-14(5-3-12)19-15-6-7-15/h2-5,8-10,15-16H,6-7,17H2,1H3. The lowest BCUT2D eigenvalue weighted by atomic mass is 10.0. The van der Waals surface area contributed by atoms with Gasteiger partial charge in [-0.05, 0) is 48.6 Å². The average Bonchev–Trinajstić information content (AvgIpc) is 3.23. The molecule has 0 amide bonds. The van der Waals surface area contributed by atoms with Gasteiger partial charge in [-0.15, -0.1) is 0 Å². The second-order valence-corrected chi connectivity index (χ2v) is 5.16. The number of ether oxygens (including phenoxy) is 1. The molecular weight excluding hydrogens is 236 g/mol. The fourth-order valence-corrected chi connectivity index (χ4v) is 2.07. The lowest BCUT2D eigenvalue weighted by molar-refractivity contribution is 0.303. The quantitative estimate of drug-likeness (QED) is 0.912. The van der Waals surface area contributed by atoms with E-state index in [-0.39, 0.29) is 6.04 Å². The van der Waals surface area contributed by atoms with Crippen LogP contribution in [-0.4, -0.2) is 11.1 Å². The summed E-state index contributed by atoms with van der Waals surface area (Å²) in [4.78, 5) is 4.19. The van der Waals surface area contributed by atoms with Crippen molar-refractivity contribution < 1.29 is 4.74 Å². The van der Waals surface area contributed by atoms with Crippen LogP contribution in [0.2, 0.25) is 0 Å². The van der Waals surface area contributed by atoms with Gasteiger partial charge >= 0.3 is 0 Å². The molecule has 0 bridgehead atoms. The van der Waals surface area contributed by atoms with E-state index in [1.165, 1.54) is 12.8 Å². The van der Waals surface area contributed by atoms with Crippen molar-refractivity contribution in [3.8, 4) is 5.75 Å². The summed E-state index contributed by atoms with van der Waals surface area (Å²) in [7, 11) is 0. The third-order valence-corrected chi connectivity index (χ3v) is 3.32. The highest BCUT2D eigenvalue weighted by Gasteiger charge is 2.23.